The SMILES string of the molecule is CCCCCCCCCCCC(O)(O)c1ccccc1O. The highest BCUT2D eigenvalue weighted by atomic mass is 16.5. The van der Waals surface area contributed by atoms with Gasteiger partial charge in [-0.3, -0.25) is 0 Å². The highest BCUT2D eigenvalue weighted by Gasteiger charge is 2.27. The van der Waals surface area contributed by atoms with Gasteiger partial charge in [0.05, 0.1) is 5.56 Å². The third kappa shape index (κ3) is 6.96. The van der Waals surface area contributed by atoms with Crippen molar-refractivity contribution >= 4 is 0 Å². The molecule has 3 heteroatoms. The van der Waals surface area contributed by atoms with E-state index in [1.54, 1.807) is 18.2 Å². The summed E-state index contributed by atoms with van der Waals surface area (Å²) in [5.74, 6) is -1.98. The second-order valence-electron chi connectivity index (χ2n) is 5.91. The van der Waals surface area contributed by atoms with Gasteiger partial charge in [0.2, 0.25) is 0 Å². The van der Waals surface area contributed by atoms with E-state index in [9.17, 15) is 15.3 Å². The number of phenolic OH excluding ortho intramolecular Hbond substituents is 1. The lowest BCUT2D eigenvalue weighted by molar-refractivity contribution is -0.176. The summed E-state index contributed by atoms with van der Waals surface area (Å²) in [5, 5.41) is 29.8. The van der Waals surface area contributed by atoms with Crippen molar-refractivity contribution < 1.29 is 15.3 Å². The Hall–Kier alpha value is -1.06. The van der Waals surface area contributed by atoms with Crippen molar-refractivity contribution in [3.05, 3.63) is 29.8 Å². The largest absolute Gasteiger partial charge is 0.507 e. The molecule has 0 radical (unpaired) electrons. The van der Waals surface area contributed by atoms with E-state index in [0.717, 1.165) is 19.3 Å². The zero-order valence-corrected chi connectivity index (χ0v) is 13.2. The van der Waals surface area contributed by atoms with E-state index in [0.29, 0.717) is 0 Å². The Kier molecular flexibility index (Phi) is 8.40. The van der Waals surface area contributed by atoms with E-state index in [2.05, 4.69) is 6.92 Å². The van der Waals surface area contributed by atoms with Gasteiger partial charge >= 0.3 is 0 Å². The summed E-state index contributed by atoms with van der Waals surface area (Å²) >= 11 is 0. The molecule has 0 saturated heterocycles. The lowest BCUT2D eigenvalue weighted by atomic mass is 9.97. The average Bonchev–Trinajstić information content (AvgIpc) is 2.46. The normalized spacial score (nSPS) is 11.8. The van der Waals surface area contributed by atoms with Crippen LogP contribution in [0.25, 0.3) is 0 Å². The number of aliphatic hydroxyl groups is 2. The Morgan fingerprint density at radius 3 is 1.90 bits per heavy atom. The average molecular weight is 294 g/mol. The van der Waals surface area contributed by atoms with Gasteiger partial charge in [-0.25, -0.2) is 0 Å². The van der Waals surface area contributed by atoms with Gasteiger partial charge in [0.15, 0.2) is 5.79 Å². The Morgan fingerprint density at radius 1 is 0.810 bits per heavy atom. The molecule has 0 aliphatic heterocycles. The highest BCUT2D eigenvalue weighted by molar-refractivity contribution is 5.34. The van der Waals surface area contributed by atoms with Crippen molar-refractivity contribution in [2.24, 2.45) is 0 Å². The van der Waals surface area contributed by atoms with E-state index < -0.39 is 5.79 Å². The lowest BCUT2D eigenvalue weighted by Gasteiger charge is -2.23. The molecule has 0 aromatic heterocycles. The third-order valence-electron chi connectivity index (χ3n) is 3.96. The molecule has 21 heavy (non-hydrogen) atoms. The first kappa shape index (κ1) is 18.0. The van der Waals surface area contributed by atoms with Crippen LogP contribution in [-0.4, -0.2) is 15.3 Å². The highest BCUT2D eigenvalue weighted by Crippen LogP contribution is 2.31. The molecule has 1 aromatic carbocycles. The molecule has 0 bridgehead atoms. The summed E-state index contributed by atoms with van der Waals surface area (Å²) in [6.07, 6.45) is 10.9. The molecule has 0 unspecified atom stereocenters. The molecule has 1 aromatic rings. The smallest absolute Gasteiger partial charge is 0.193 e. The number of benzene rings is 1. The number of aromatic hydroxyl groups is 1. The lowest BCUT2D eigenvalue weighted by Crippen LogP contribution is -2.24. The van der Waals surface area contributed by atoms with Gasteiger partial charge in [-0.05, 0) is 18.6 Å². The fourth-order valence-corrected chi connectivity index (χ4v) is 2.63. The van der Waals surface area contributed by atoms with Gasteiger partial charge in [-0.15, -0.1) is 0 Å². The van der Waals surface area contributed by atoms with Crippen LogP contribution in [0.1, 0.15) is 76.7 Å². The molecule has 0 aliphatic rings. The van der Waals surface area contributed by atoms with E-state index in [1.807, 2.05) is 0 Å². The van der Waals surface area contributed by atoms with Crippen LogP contribution in [0.15, 0.2) is 24.3 Å². The summed E-state index contributed by atoms with van der Waals surface area (Å²) in [6.45, 7) is 2.22. The summed E-state index contributed by atoms with van der Waals surface area (Å²) in [7, 11) is 0. The third-order valence-corrected chi connectivity index (χ3v) is 3.96. The first-order valence-electron chi connectivity index (χ1n) is 8.31. The Morgan fingerprint density at radius 2 is 1.33 bits per heavy atom. The molecule has 3 N–H and O–H groups in total. The molecule has 0 amide bonds. The minimum absolute atomic E-state index is 0.0570. The molecule has 0 spiro atoms. The molecule has 0 heterocycles. The monoisotopic (exact) mass is 294 g/mol. The van der Waals surface area contributed by atoms with Gasteiger partial charge in [0.1, 0.15) is 5.75 Å². The molecule has 120 valence electrons. The van der Waals surface area contributed by atoms with Crippen LogP contribution in [0, 0.1) is 0 Å². The second-order valence-corrected chi connectivity index (χ2v) is 5.91. The van der Waals surface area contributed by atoms with Crippen molar-refractivity contribution in [2.75, 3.05) is 0 Å². The predicted octanol–water partition coefficient (Wildman–Crippen LogP) is 4.45. The van der Waals surface area contributed by atoms with Crippen molar-refractivity contribution in [3.8, 4) is 5.75 Å². The van der Waals surface area contributed by atoms with Gasteiger partial charge in [0, 0.05) is 6.42 Å². The van der Waals surface area contributed by atoms with Crippen LogP contribution in [0.5, 0.6) is 5.75 Å². The number of hydrogen-bond donors (Lipinski definition) is 3. The van der Waals surface area contributed by atoms with Gasteiger partial charge in [0.25, 0.3) is 0 Å². The maximum Gasteiger partial charge on any atom is 0.193 e. The number of unbranched alkanes of at least 4 members (excludes halogenated alkanes) is 8. The topological polar surface area (TPSA) is 60.7 Å². The van der Waals surface area contributed by atoms with E-state index >= 15 is 0 Å². The van der Waals surface area contributed by atoms with E-state index in [4.69, 9.17) is 0 Å². The molecule has 0 saturated carbocycles. The van der Waals surface area contributed by atoms with Crippen molar-refractivity contribution in [1.82, 2.24) is 0 Å². The minimum Gasteiger partial charge on any atom is -0.507 e. The van der Waals surface area contributed by atoms with E-state index in [1.165, 1.54) is 44.6 Å². The quantitative estimate of drug-likeness (QED) is 0.417. The first-order valence-corrected chi connectivity index (χ1v) is 8.31. The molecule has 3 nitrogen and oxygen atoms in total. The molecular formula is C18H30O3. The van der Waals surface area contributed by atoms with Crippen molar-refractivity contribution in [1.29, 1.82) is 0 Å². The van der Waals surface area contributed by atoms with Gasteiger partial charge in [-0.2, -0.15) is 0 Å². The Labute approximate surface area is 128 Å². The standard InChI is InChI=1S/C18H30O3/c1-2-3-4-5-6-7-8-9-12-15-18(20,21)16-13-10-11-14-17(16)19/h10-11,13-14,19-21H,2-9,12,15H2,1H3. The predicted molar refractivity (Wildman–Crippen MR) is 86.1 cm³/mol. The van der Waals surface area contributed by atoms with Crippen LogP contribution < -0.4 is 0 Å². The second kappa shape index (κ2) is 9.80. The maximum absolute atomic E-state index is 10.1. The fourth-order valence-electron chi connectivity index (χ4n) is 2.63. The molecule has 0 atom stereocenters. The van der Waals surface area contributed by atoms with Crippen LogP contribution >= 0.6 is 0 Å². The van der Waals surface area contributed by atoms with Gasteiger partial charge < -0.3 is 15.3 Å². The molecule has 0 fully saturated rings. The summed E-state index contributed by atoms with van der Waals surface area (Å²) < 4.78 is 0. The molecule has 1 rings (SSSR count). The Balaban J connectivity index is 2.16. The van der Waals surface area contributed by atoms with Crippen molar-refractivity contribution in [2.45, 2.75) is 76.9 Å². The zero-order valence-electron chi connectivity index (χ0n) is 13.2. The van der Waals surface area contributed by atoms with Crippen molar-refractivity contribution in [3.63, 3.8) is 0 Å². The summed E-state index contributed by atoms with van der Waals surface area (Å²) in [6, 6.07) is 6.41. The van der Waals surface area contributed by atoms with Gasteiger partial charge in [-0.1, -0.05) is 70.4 Å². The summed E-state index contributed by atoms with van der Waals surface area (Å²) in [4.78, 5) is 0. The number of phenols is 1. The minimum atomic E-state index is -1.92. The molecular weight excluding hydrogens is 264 g/mol. The Bertz CT molecular complexity index is 388. The van der Waals surface area contributed by atoms with E-state index in [-0.39, 0.29) is 17.7 Å². The van der Waals surface area contributed by atoms with Crippen LogP contribution in [0.2, 0.25) is 0 Å². The number of para-hydroxylation sites is 1. The number of rotatable bonds is 11. The first-order chi connectivity index (χ1) is 10.1. The fraction of sp³-hybridized carbons (Fsp3) is 0.667. The van der Waals surface area contributed by atoms with Crippen LogP contribution in [-0.2, 0) is 5.79 Å². The maximum atomic E-state index is 10.1. The van der Waals surface area contributed by atoms with Crippen LogP contribution in [0.3, 0.4) is 0 Å². The summed E-state index contributed by atoms with van der Waals surface area (Å²) in [5.41, 5.74) is 0.199. The van der Waals surface area contributed by atoms with Crippen LogP contribution in [0.4, 0.5) is 0 Å². The molecule has 0 aliphatic carbocycles. The zero-order chi connectivity index (χ0) is 15.6. The number of hydrogen-bond acceptors (Lipinski definition) is 3.